The van der Waals surface area contributed by atoms with Gasteiger partial charge in [-0.05, 0) is 37.0 Å². The molecule has 0 atom stereocenters. The molecule has 2 aromatic heterocycles. The van der Waals surface area contributed by atoms with E-state index in [1.54, 1.807) is 7.11 Å². The van der Waals surface area contributed by atoms with Crippen molar-refractivity contribution in [3.05, 3.63) is 65.3 Å². The largest absolute Gasteiger partial charge is 0.494 e. The third kappa shape index (κ3) is 3.48. The van der Waals surface area contributed by atoms with Crippen molar-refractivity contribution in [3.63, 3.8) is 0 Å². The van der Waals surface area contributed by atoms with Crippen LogP contribution >= 0.6 is 0 Å². The summed E-state index contributed by atoms with van der Waals surface area (Å²) in [5, 5.41) is 9.28. The fourth-order valence-electron chi connectivity index (χ4n) is 4.69. The molecule has 0 bridgehead atoms. The van der Waals surface area contributed by atoms with Gasteiger partial charge in [0.15, 0.2) is 0 Å². The fourth-order valence-corrected chi connectivity index (χ4v) is 4.69. The van der Waals surface area contributed by atoms with Crippen LogP contribution in [0.1, 0.15) is 44.9 Å². The number of ether oxygens (including phenoxy) is 1. The zero-order valence-electron chi connectivity index (χ0n) is 19.3. The highest BCUT2D eigenvalue weighted by Gasteiger charge is 2.29. The maximum Gasteiger partial charge on any atom is 0.145 e. The quantitative estimate of drug-likeness (QED) is 0.449. The molecule has 1 aromatic carbocycles. The maximum absolute atomic E-state index is 15.7. The Balaban J connectivity index is 2.14. The van der Waals surface area contributed by atoms with Gasteiger partial charge in [0.1, 0.15) is 11.6 Å². The molecule has 0 saturated carbocycles. The number of H-pyrrole nitrogens is 1. The Labute approximate surface area is 188 Å². The minimum Gasteiger partial charge on any atom is -0.494 e. The Kier molecular flexibility index (Phi) is 6.33. The molecular formula is C26H31FN4O. The van der Waals surface area contributed by atoms with E-state index in [1.807, 2.05) is 29.9 Å². The van der Waals surface area contributed by atoms with Gasteiger partial charge >= 0.3 is 0 Å². The van der Waals surface area contributed by atoms with Gasteiger partial charge in [-0.25, -0.2) is 9.07 Å². The van der Waals surface area contributed by atoms with E-state index in [0.29, 0.717) is 17.9 Å². The average Bonchev–Trinajstić information content (AvgIpc) is 3.44. The molecule has 0 unspecified atom stereocenters. The second-order valence-corrected chi connectivity index (χ2v) is 7.91. The van der Waals surface area contributed by atoms with Crippen LogP contribution in [0.2, 0.25) is 0 Å². The molecular weight excluding hydrogens is 403 g/mol. The summed E-state index contributed by atoms with van der Waals surface area (Å²) in [6, 6.07) is 3.37. The van der Waals surface area contributed by atoms with E-state index in [4.69, 9.17) is 9.84 Å². The number of fused-ring (bicyclic) bond motifs is 2. The van der Waals surface area contributed by atoms with Gasteiger partial charge in [0.05, 0.1) is 29.7 Å². The fraction of sp³-hybridized carbons (Fsp3) is 0.346. The zero-order valence-corrected chi connectivity index (χ0v) is 19.3. The van der Waals surface area contributed by atoms with Crippen molar-refractivity contribution in [1.29, 1.82) is 0 Å². The first-order valence-corrected chi connectivity index (χ1v) is 11.3. The van der Waals surface area contributed by atoms with Crippen LogP contribution in [0.3, 0.4) is 0 Å². The lowest BCUT2D eigenvalue weighted by molar-refractivity contribution is 0.416. The van der Waals surface area contributed by atoms with Gasteiger partial charge in [-0.15, -0.1) is 0 Å². The Morgan fingerprint density at radius 3 is 2.81 bits per heavy atom. The number of methoxy groups -OCH3 is 1. The summed E-state index contributed by atoms with van der Waals surface area (Å²) >= 11 is 0. The van der Waals surface area contributed by atoms with Gasteiger partial charge in [-0.1, -0.05) is 32.6 Å². The molecule has 5 nitrogen and oxygen atoms in total. The van der Waals surface area contributed by atoms with Gasteiger partial charge < -0.3 is 15.0 Å². The number of hydrogen-bond donors (Lipinski definition) is 2. The van der Waals surface area contributed by atoms with Crippen molar-refractivity contribution in [2.45, 2.75) is 46.6 Å². The van der Waals surface area contributed by atoms with Crippen LogP contribution in [0.4, 0.5) is 4.39 Å². The van der Waals surface area contributed by atoms with Crippen molar-refractivity contribution >= 4 is 16.6 Å². The van der Waals surface area contributed by atoms with E-state index in [0.717, 1.165) is 70.5 Å². The smallest absolute Gasteiger partial charge is 0.145 e. The first-order valence-electron chi connectivity index (χ1n) is 11.3. The van der Waals surface area contributed by atoms with Gasteiger partial charge in [-0.3, -0.25) is 0 Å². The molecule has 32 heavy (non-hydrogen) atoms. The molecule has 2 N–H and O–H groups in total. The third-order valence-corrected chi connectivity index (χ3v) is 6.30. The summed E-state index contributed by atoms with van der Waals surface area (Å²) in [5.74, 6) is 0.168. The summed E-state index contributed by atoms with van der Waals surface area (Å²) in [5.41, 5.74) is 7.43. The van der Waals surface area contributed by atoms with Gasteiger partial charge in [0.25, 0.3) is 0 Å². The summed E-state index contributed by atoms with van der Waals surface area (Å²) in [7, 11) is 1.56. The topological polar surface area (TPSA) is 54.9 Å². The number of rotatable bonds is 7. The summed E-state index contributed by atoms with van der Waals surface area (Å²) in [4.78, 5) is 3.21. The summed E-state index contributed by atoms with van der Waals surface area (Å²) < 4.78 is 23.1. The lowest BCUT2D eigenvalue weighted by Gasteiger charge is -2.20. The highest BCUT2D eigenvalue weighted by atomic mass is 19.1. The van der Waals surface area contributed by atoms with Crippen LogP contribution in [0, 0.1) is 5.82 Å². The Hall–Kier alpha value is -3.12. The molecule has 1 aliphatic rings. The molecule has 6 heteroatoms. The number of nitrogens with zero attached hydrogens (tertiary/aromatic N) is 2. The van der Waals surface area contributed by atoms with Gasteiger partial charge in [-0.2, -0.15) is 5.10 Å². The molecule has 3 aromatic rings. The summed E-state index contributed by atoms with van der Waals surface area (Å²) in [6.45, 7) is 11.9. The monoisotopic (exact) mass is 434 g/mol. The van der Waals surface area contributed by atoms with Crippen LogP contribution in [-0.2, 0) is 13.0 Å². The molecule has 168 valence electrons. The Morgan fingerprint density at radius 2 is 2.16 bits per heavy atom. The highest BCUT2D eigenvalue weighted by Crippen LogP contribution is 2.41. The second-order valence-electron chi connectivity index (χ2n) is 7.91. The molecule has 0 saturated heterocycles. The first kappa shape index (κ1) is 22.1. The van der Waals surface area contributed by atoms with E-state index in [1.165, 1.54) is 6.07 Å². The molecule has 0 aliphatic carbocycles. The molecule has 1 aliphatic heterocycles. The van der Waals surface area contributed by atoms with Crippen molar-refractivity contribution in [3.8, 4) is 17.0 Å². The van der Waals surface area contributed by atoms with Gasteiger partial charge in [0, 0.05) is 48.3 Å². The van der Waals surface area contributed by atoms with E-state index in [2.05, 4.69) is 36.8 Å². The highest BCUT2D eigenvalue weighted by molar-refractivity contribution is 5.99. The number of aromatic amines is 1. The van der Waals surface area contributed by atoms with Crippen molar-refractivity contribution < 1.29 is 9.13 Å². The number of allylic oxidation sites excluding steroid dienone is 5. The van der Waals surface area contributed by atoms with E-state index >= 15 is 4.39 Å². The average molecular weight is 435 g/mol. The predicted molar refractivity (Wildman–Crippen MR) is 129 cm³/mol. The molecule has 0 spiro atoms. The van der Waals surface area contributed by atoms with Crippen molar-refractivity contribution in [2.24, 2.45) is 0 Å². The normalized spacial score (nSPS) is 15.0. The number of benzene rings is 1. The number of aromatic nitrogens is 3. The maximum atomic E-state index is 15.7. The van der Waals surface area contributed by atoms with E-state index in [9.17, 15) is 0 Å². The number of nitrogens with one attached hydrogen (secondary N) is 2. The third-order valence-electron chi connectivity index (χ3n) is 6.30. The van der Waals surface area contributed by atoms with Crippen molar-refractivity contribution in [2.75, 3.05) is 13.7 Å². The molecule has 4 rings (SSSR count). The van der Waals surface area contributed by atoms with Crippen LogP contribution in [0.25, 0.3) is 27.9 Å². The SMILES string of the molecule is C=C/C(CC)=C(\C(=C/C)CC)n1nc2c(c1-c1c(F)cc(OC)c3[nH]ccc13)CNCC2. The Bertz CT molecular complexity index is 1230. The minimum atomic E-state index is -0.321. The molecule has 0 fully saturated rings. The molecule has 3 heterocycles. The van der Waals surface area contributed by atoms with Crippen LogP contribution < -0.4 is 10.1 Å². The van der Waals surface area contributed by atoms with Gasteiger partial charge in [0.2, 0.25) is 0 Å². The van der Waals surface area contributed by atoms with Crippen LogP contribution in [0.15, 0.2) is 48.2 Å². The first-order chi connectivity index (χ1) is 15.6. The second kappa shape index (κ2) is 9.17. The van der Waals surface area contributed by atoms with Crippen molar-refractivity contribution in [1.82, 2.24) is 20.1 Å². The molecule has 0 radical (unpaired) electrons. The Morgan fingerprint density at radius 1 is 1.34 bits per heavy atom. The minimum absolute atomic E-state index is 0.321. The number of hydrogen-bond acceptors (Lipinski definition) is 3. The standard InChI is InChI=1S/C26H31FN4O/c1-6-16(7-2)25(17(8-3)9-4)31-26(19-15-28-12-11-21(19)30-31)23-18-10-13-29-24(18)22(32-5)14-20(23)27/h6,8,10,13-14,28-29H,1,7,9,11-12,15H2,2-5H3/b17-8-,25-16-. The predicted octanol–water partition coefficient (Wildman–Crippen LogP) is 5.99. The lowest BCUT2D eigenvalue weighted by atomic mass is 9.97. The zero-order chi connectivity index (χ0) is 22.8. The summed E-state index contributed by atoms with van der Waals surface area (Å²) in [6.07, 6.45) is 8.30. The van der Waals surface area contributed by atoms with Crippen LogP contribution in [0.5, 0.6) is 5.75 Å². The number of halogens is 1. The van der Waals surface area contributed by atoms with E-state index in [-0.39, 0.29) is 5.82 Å². The lowest BCUT2D eigenvalue weighted by Crippen LogP contribution is -2.23. The van der Waals surface area contributed by atoms with E-state index < -0.39 is 0 Å². The molecule has 0 amide bonds. The van der Waals surface area contributed by atoms with Crippen LogP contribution in [-0.4, -0.2) is 28.4 Å².